The molecule has 57 heavy (non-hydrogen) atoms. The zero-order chi connectivity index (χ0) is 42.3. The minimum Gasteiger partial charge on any atom is -0.478 e. The maximum Gasteiger partial charge on any atom is 0.426 e. The Morgan fingerprint density at radius 2 is 0.807 bits per heavy atom. The molecule has 0 radical (unpaired) electrons. The van der Waals surface area contributed by atoms with Crippen LogP contribution in [0.2, 0.25) is 0 Å². The van der Waals surface area contributed by atoms with E-state index in [2.05, 4.69) is 0 Å². The molecule has 4 aromatic carbocycles. The Labute approximate surface area is 320 Å². The molecule has 0 aliphatic heterocycles. The van der Waals surface area contributed by atoms with Crippen LogP contribution in [0.4, 0.5) is 43.9 Å². The summed E-state index contributed by atoms with van der Waals surface area (Å²) in [5.41, 5.74) is 1.40. The van der Waals surface area contributed by atoms with Gasteiger partial charge in [0.2, 0.25) is 0 Å². The smallest absolute Gasteiger partial charge is 0.426 e. The second-order valence-corrected chi connectivity index (χ2v) is 12.4. The molecular weight excluding hydrogens is 778 g/mol. The van der Waals surface area contributed by atoms with Gasteiger partial charge in [-0.15, -0.1) is 0 Å². The number of unbranched alkanes of at least 4 members (excludes halogenated alkanes) is 1. The summed E-state index contributed by atoms with van der Waals surface area (Å²) in [7, 11) is 0. The van der Waals surface area contributed by atoms with Crippen LogP contribution in [0.3, 0.4) is 0 Å². The molecule has 2 N–H and O–H groups in total. The maximum absolute atomic E-state index is 14.3. The van der Waals surface area contributed by atoms with Crippen LogP contribution in [-0.2, 0) is 34.6 Å². The van der Waals surface area contributed by atoms with E-state index in [1.807, 2.05) is 0 Å². The highest BCUT2D eigenvalue weighted by Gasteiger charge is 2.35. The molecule has 0 amide bonds. The molecule has 0 atom stereocenters. The molecule has 0 spiro atoms. The van der Waals surface area contributed by atoms with Gasteiger partial charge in [0.1, 0.15) is 11.5 Å². The number of hydrogen-bond donors (Lipinski definition) is 2. The molecule has 0 aromatic heterocycles. The monoisotopic (exact) mass is 814 g/mol. The molecule has 4 rings (SSSR count). The Morgan fingerprint density at radius 1 is 0.474 bits per heavy atom. The van der Waals surface area contributed by atoms with E-state index in [0.29, 0.717) is 35.1 Å². The number of carboxylic acids is 2. The van der Waals surface area contributed by atoms with E-state index in [9.17, 15) is 53.5 Å². The van der Waals surface area contributed by atoms with E-state index in [1.54, 1.807) is 0 Å². The quantitative estimate of drug-likeness (QED) is 0.0626. The SMILES string of the molecule is O=C(O)/C=C/c1ccc(OC(F)(F)c2ccc(CCCC(F)(F)F)cc2)cc1.O=C(O)/C=C/c1ccc(OC(F)(F)c2ccc(CCCCC(F)(F)F)cc2)cc1. The number of aliphatic carboxylic acids is 2. The second-order valence-electron chi connectivity index (χ2n) is 12.4. The number of alkyl halides is 10. The van der Waals surface area contributed by atoms with Crippen molar-refractivity contribution >= 4 is 24.1 Å². The van der Waals surface area contributed by atoms with Crippen molar-refractivity contribution in [2.75, 3.05) is 0 Å². The van der Waals surface area contributed by atoms with Gasteiger partial charge in [-0.2, -0.15) is 43.9 Å². The normalized spacial score (nSPS) is 12.3. The van der Waals surface area contributed by atoms with Gasteiger partial charge in [-0.05, 0) is 115 Å². The third kappa shape index (κ3) is 17.7. The minimum absolute atomic E-state index is 0.0117. The Balaban J connectivity index is 0.000000306. The first-order valence-electron chi connectivity index (χ1n) is 17.1. The van der Waals surface area contributed by atoms with Crippen molar-refractivity contribution in [3.05, 3.63) is 143 Å². The number of aryl methyl sites for hydroxylation is 2. The number of hydrogen-bond acceptors (Lipinski definition) is 4. The van der Waals surface area contributed by atoms with Gasteiger partial charge >= 0.3 is 36.5 Å². The van der Waals surface area contributed by atoms with Gasteiger partial charge < -0.3 is 19.7 Å². The van der Waals surface area contributed by atoms with E-state index in [0.717, 1.165) is 24.3 Å². The molecule has 0 heterocycles. The Bertz CT molecular complexity index is 1920. The van der Waals surface area contributed by atoms with Crippen LogP contribution in [0.5, 0.6) is 11.5 Å². The van der Waals surface area contributed by atoms with Gasteiger partial charge in [0, 0.05) is 25.0 Å². The fourth-order valence-corrected chi connectivity index (χ4v) is 4.92. The van der Waals surface area contributed by atoms with E-state index in [4.69, 9.17) is 19.7 Å². The fourth-order valence-electron chi connectivity index (χ4n) is 4.92. The molecule has 0 saturated heterocycles. The highest BCUT2D eigenvalue weighted by molar-refractivity contribution is 5.85. The Hall–Kier alpha value is -5.80. The number of carbonyl (C=O) groups is 2. The van der Waals surface area contributed by atoms with Crippen molar-refractivity contribution in [2.45, 2.75) is 69.5 Å². The van der Waals surface area contributed by atoms with Crippen molar-refractivity contribution in [1.29, 1.82) is 0 Å². The Kier molecular flexibility index (Phi) is 16.3. The highest BCUT2D eigenvalue weighted by atomic mass is 19.4. The van der Waals surface area contributed by atoms with E-state index in [-0.39, 0.29) is 36.3 Å². The van der Waals surface area contributed by atoms with Gasteiger partial charge in [-0.1, -0.05) is 48.5 Å². The van der Waals surface area contributed by atoms with Gasteiger partial charge in [0.15, 0.2) is 0 Å². The van der Waals surface area contributed by atoms with Crippen LogP contribution < -0.4 is 9.47 Å². The summed E-state index contributed by atoms with van der Waals surface area (Å²) in [6, 6.07) is 21.1. The topological polar surface area (TPSA) is 93.1 Å². The molecule has 0 saturated carbocycles. The predicted molar refractivity (Wildman–Crippen MR) is 191 cm³/mol. The third-order valence-electron chi connectivity index (χ3n) is 7.77. The molecule has 306 valence electrons. The molecular formula is C41H36F10O6. The molecule has 0 fully saturated rings. The van der Waals surface area contributed by atoms with Crippen LogP contribution in [0.15, 0.2) is 109 Å². The van der Waals surface area contributed by atoms with Gasteiger partial charge in [0.25, 0.3) is 0 Å². The minimum atomic E-state index is -4.24. The first-order chi connectivity index (χ1) is 26.6. The van der Waals surface area contributed by atoms with Crippen LogP contribution in [-0.4, -0.2) is 34.5 Å². The van der Waals surface area contributed by atoms with Crippen LogP contribution in [0, 0.1) is 0 Å². The molecule has 16 heteroatoms. The predicted octanol–water partition coefficient (Wildman–Crippen LogP) is 12.0. The lowest BCUT2D eigenvalue weighted by Crippen LogP contribution is -2.21. The average molecular weight is 815 g/mol. The number of ether oxygens (including phenoxy) is 2. The third-order valence-corrected chi connectivity index (χ3v) is 7.77. The summed E-state index contributed by atoms with van der Waals surface area (Å²) >= 11 is 0. The standard InChI is InChI=1S/C21H19F5O3.C20H17F5O3/c22-20(23,24)14-2-1-3-15-4-9-17(10-5-15)21(25,26)29-18-11-6-16(7-12-18)8-13-19(27)28;21-19(22,23)13-1-2-14-3-8-16(9-4-14)20(24,25)28-17-10-5-15(6-11-17)7-12-18(26)27/h4-13H,1-3,14H2,(H,27,28);3-12H,1-2,13H2,(H,26,27)/b13-8+;12-7+. The van der Waals surface area contributed by atoms with Gasteiger partial charge in [-0.25, -0.2) is 9.59 Å². The Morgan fingerprint density at radius 3 is 1.14 bits per heavy atom. The highest BCUT2D eigenvalue weighted by Crippen LogP contribution is 2.34. The van der Waals surface area contributed by atoms with Crippen molar-refractivity contribution in [3.8, 4) is 11.5 Å². The lowest BCUT2D eigenvalue weighted by atomic mass is 10.0. The first-order valence-corrected chi connectivity index (χ1v) is 17.1. The summed E-state index contributed by atoms with van der Waals surface area (Å²) in [6.07, 6.45) is -12.3. The summed E-state index contributed by atoms with van der Waals surface area (Å²) in [4.78, 5) is 20.9. The largest absolute Gasteiger partial charge is 0.478 e. The van der Waals surface area contributed by atoms with Crippen molar-refractivity contribution in [2.24, 2.45) is 0 Å². The van der Waals surface area contributed by atoms with Crippen LogP contribution in [0.25, 0.3) is 12.2 Å². The zero-order valence-corrected chi connectivity index (χ0v) is 29.8. The summed E-state index contributed by atoms with van der Waals surface area (Å²) in [6.45, 7) is 0. The lowest BCUT2D eigenvalue weighted by molar-refractivity contribution is -0.186. The van der Waals surface area contributed by atoms with Gasteiger partial charge in [0.05, 0.1) is 11.1 Å². The molecule has 0 unspecified atom stereocenters. The van der Waals surface area contributed by atoms with Crippen molar-refractivity contribution in [3.63, 3.8) is 0 Å². The summed E-state index contributed by atoms with van der Waals surface area (Å²) in [5.74, 6) is -2.47. The van der Waals surface area contributed by atoms with Crippen LogP contribution >= 0.6 is 0 Å². The van der Waals surface area contributed by atoms with Crippen molar-refractivity contribution < 1.29 is 73.2 Å². The number of benzene rings is 4. The number of rotatable bonds is 17. The zero-order valence-electron chi connectivity index (χ0n) is 29.8. The van der Waals surface area contributed by atoms with E-state index >= 15 is 0 Å². The molecule has 0 bridgehead atoms. The number of halogens is 10. The first kappa shape index (κ1) is 45.6. The van der Waals surface area contributed by atoms with E-state index in [1.165, 1.54) is 97.1 Å². The second kappa shape index (κ2) is 20.4. The maximum atomic E-state index is 14.3. The average Bonchev–Trinajstić information content (AvgIpc) is 3.12. The van der Waals surface area contributed by atoms with Crippen molar-refractivity contribution in [1.82, 2.24) is 0 Å². The fraction of sp³-hybridized carbons (Fsp3) is 0.268. The lowest BCUT2D eigenvalue weighted by Gasteiger charge is -2.18. The summed E-state index contributed by atoms with van der Waals surface area (Å²) < 4.78 is 139. The summed E-state index contributed by atoms with van der Waals surface area (Å²) in [5, 5.41) is 17.1. The molecule has 0 aliphatic carbocycles. The molecule has 6 nitrogen and oxygen atoms in total. The van der Waals surface area contributed by atoms with E-state index < -0.39 is 54.9 Å². The molecule has 4 aromatic rings. The number of carboxylic acid groups (broad SMARTS) is 2. The van der Waals surface area contributed by atoms with Gasteiger partial charge in [-0.3, -0.25) is 0 Å². The molecule has 0 aliphatic rings. The van der Waals surface area contributed by atoms with Crippen LogP contribution in [0.1, 0.15) is 65.5 Å².